The summed E-state index contributed by atoms with van der Waals surface area (Å²) in [6.07, 6.45) is 0.160. The summed E-state index contributed by atoms with van der Waals surface area (Å²) in [5, 5.41) is 5.36. The van der Waals surface area contributed by atoms with E-state index in [1.165, 1.54) is 6.07 Å². The van der Waals surface area contributed by atoms with Crippen LogP contribution in [0, 0.1) is 12.7 Å². The second-order valence-electron chi connectivity index (χ2n) is 5.98. The fourth-order valence-corrected chi connectivity index (χ4v) is 1.70. The van der Waals surface area contributed by atoms with Crippen molar-refractivity contribution in [2.24, 2.45) is 0 Å². The van der Waals surface area contributed by atoms with Gasteiger partial charge in [0.1, 0.15) is 5.82 Å². The number of nitrogen functional groups attached to an aromatic ring is 1. The maximum Gasteiger partial charge on any atom is 0.251 e. The van der Waals surface area contributed by atoms with Crippen LogP contribution in [0.2, 0.25) is 0 Å². The lowest BCUT2D eigenvalue weighted by atomic mass is 10.1. The Morgan fingerprint density at radius 3 is 2.43 bits per heavy atom. The second kappa shape index (κ2) is 6.56. The molecule has 0 unspecified atom stereocenters. The summed E-state index contributed by atoms with van der Waals surface area (Å²) in [6, 6.07) is 2.55. The average molecular weight is 295 g/mol. The van der Waals surface area contributed by atoms with E-state index in [1.807, 2.05) is 20.8 Å². The number of benzene rings is 1. The average Bonchev–Trinajstić information content (AvgIpc) is 2.32. The number of carbonyl (C=O) groups excluding carboxylic acids is 2. The van der Waals surface area contributed by atoms with Crippen LogP contribution in [0.25, 0.3) is 0 Å². The first-order valence-electron chi connectivity index (χ1n) is 6.75. The van der Waals surface area contributed by atoms with Crippen molar-refractivity contribution in [3.05, 3.63) is 29.1 Å². The number of anilines is 1. The van der Waals surface area contributed by atoms with Crippen molar-refractivity contribution in [3.63, 3.8) is 0 Å². The molecule has 1 aromatic rings. The van der Waals surface area contributed by atoms with Gasteiger partial charge >= 0.3 is 0 Å². The van der Waals surface area contributed by atoms with E-state index in [4.69, 9.17) is 5.73 Å². The molecule has 0 heterocycles. The van der Waals surface area contributed by atoms with Crippen molar-refractivity contribution in [3.8, 4) is 0 Å². The summed E-state index contributed by atoms with van der Waals surface area (Å²) in [5.74, 6) is -1.13. The van der Waals surface area contributed by atoms with Gasteiger partial charge in [0.15, 0.2) is 0 Å². The maximum atomic E-state index is 13.5. The highest BCUT2D eigenvalue weighted by molar-refractivity contribution is 5.95. The normalized spacial score (nSPS) is 11.1. The molecule has 0 aromatic heterocycles. The van der Waals surface area contributed by atoms with Gasteiger partial charge in [0.2, 0.25) is 5.91 Å². The minimum absolute atomic E-state index is 0.145. The zero-order valence-electron chi connectivity index (χ0n) is 12.8. The Balaban J connectivity index is 2.54. The van der Waals surface area contributed by atoms with Crippen molar-refractivity contribution in [2.75, 3.05) is 12.3 Å². The molecule has 1 aromatic carbocycles. The van der Waals surface area contributed by atoms with Crippen molar-refractivity contribution >= 4 is 17.5 Å². The van der Waals surface area contributed by atoms with Crippen LogP contribution in [0.4, 0.5) is 10.1 Å². The molecule has 4 N–H and O–H groups in total. The van der Waals surface area contributed by atoms with Crippen LogP contribution in [0.1, 0.15) is 43.1 Å². The molecule has 0 aliphatic rings. The maximum absolute atomic E-state index is 13.5. The van der Waals surface area contributed by atoms with Gasteiger partial charge < -0.3 is 16.4 Å². The number of hydrogen-bond acceptors (Lipinski definition) is 3. The van der Waals surface area contributed by atoms with Gasteiger partial charge in [-0.2, -0.15) is 0 Å². The Morgan fingerprint density at radius 2 is 1.90 bits per heavy atom. The van der Waals surface area contributed by atoms with Crippen molar-refractivity contribution in [1.82, 2.24) is 10.6 Å². The predicted octanol–water partition coefficient (Wildman–Crippen LogP) is 1.75. The van der Waals surface area contributed by atoms with Gasteiger partial charge in [-0.1, -0.05) is 0 Å². The molecule has 116 valence electrons. The zero-order valence-corrected chi connectivity index (χ0v) is 12.8. The van der Waals surface area contributed by atoms with Crippen LogP contribution in [0.3, 0.4) is 0 Å². The minimum Gasteiger partial charge on any atom is -0.398 e. The largest absolute Gasteiger partial charge is 0.398 e. The van der Waals surface area contributed by atoms with Crippen LogP contribution in [0.15, 0.2) is 12.1 Å². The Labute approximate surface area is 124 Å². The Hall–Kier alpha value is -2.11. The molecule has 0 spiro atoms. The van der Waals surface area contributed by atoms with Crippen molar-refractivity contribution < 1.29 is 14.0 Å². The second-order valence-corrected chi connectivity index (χ2v) is 5.98. The first-order valence-corrected chi connectivity index (χ1v) is 6.75. The quantitative estimate of drug-likeness (QED) is 0.740. The highest BCUT2D eigenvalue weighted by Crippen LogP contribution is 2.17. The van der Waals surface area contributed by atoms with Gasteiger partial charge in [-0.05, 0) is 39.8 Å². The summed E-state index contributed by atoms with van der Waals surface area (Å²) in [4.78, 5) is 23.4. The Kier molecular flexibility index (Phi) is 5.29. The molecular formula is C15H22FN3O2. The van der Waals surface area contributed by atoms with Crippen LogP contribution >= 0.6 is 0 Å². The van der Waals surface area contributed by atoms with Crippen molar-refractivity contribution in [2.45, 2.75) is 39.7 Å². The molecule has 0 saturated carbocycles. The van der Waals surface area contributed by atoms with E-state index < -0.39 is 11.7 Å². The van der Waals surface area contributed by atoms with Crippen LogP contribution < -0.4 is 16.4 Å². The van der Waals surface area contributed by atoms with Crippen LogP contribution in [-0.2, 0) is 4.79 Å². The Morgan fingerprint density at radius 1 is 1.29 bits per heavy atom. The molecule has 0 bridgehead atoms. The number of rotatable bonds is 4. The van der Waals surface area contributed by atoms with E-state index in [-0.39, 0.29) is 35.7 Å². The van der Waals surface area contributed by atoms with Gasteiger partial charge in [-0.15, -0.1) is 0 Å². The number of halogens is 1. The molecule has 5 nitrogen and oxygen atoms in total. The molecule has 0 saturated heterocycles. The van der Waals surface area contributed by atoms with E-state index in [9.17, 15) is 14.0 Å². The van der Waals surface area contributed by atoms with E-state index >= 15 is 0 Å². The third-order valence-electron chi connectivity index (χ3n) is 2.80. The first-order chi connectivity index (χ1) is 9.60. The molecule has 6 heteroatoms. The zero-order chi connectivity index (χ0) is 16.2. The van der Waals surface area contributed by atoms with Gasteiger partial charge in [0.05, 0.1) is 0 Å². The molecular weight excluding hydrogens is 273 g/mol. The molecule has 0 radical (unpaired) electrons. The SMILES string of the molecule is Cc1c(N)cc(C(=O)NCCC(=O)NC(C)(C)C)cc1F. The van der Waals surface area contributed by atoms with E-state index in [0.717, 1.165) is 6.07 Å². The Bertz CT molecular complexity index is 527. The monoisotopic (exact) mass is 295 g/mol. The van der Waals surface area contributed by atoms with Gasteiger partial charge in [-0.25, -0.2) is 4.39 Å². The lowest BCUT2D eigenvalue weighted by molar-refractivity contribution is -0.122. The third-order valence-corrected chi connectivity index (χ3v) is 2.80. The van der Waals surface area contributed by atoms with Gasteiger partial charge in [0.25, 0.3) is 5.91 Å². The molecule has 0 atom stereocenters. The summed E-state index contributed by atoms with van der Waals surface area (Å²) >= 11 is 0. The fourth-order valence-electron chi connectivity index (χ4n) is 1.70. The third kappa shape index (κ3) is 5.41. The standard InChI is InChI=1S/C15H22FN3O2/c1-9-11(16)7-10(8-12(9)17)14(21)18-6-5-13(20)19-15(2,3)4/h7-8H,5-6,17H2,1-4H3,(H,18,21)(H,19,20). The first kappa shape index (κ1) is 16.9. The van der Waals surface area contributed by atoms with E-state index in [0.29, 0.717) is 5.56 Å². The lowest BCUT2D eigenvalue weighted by Crippen LogP contribution is -2.42. The van der Waals surface area contributed by atoms with Gasteiger partial charge in [0, 0.05) is 35.3 Å². The molecule has 1 rings (SSSR count). The highest BCUT2D eigenvalue weighted by Gasteiger charge is 2.14. The number of nitrogens with two attached hydrogens (primary N) is 1. The van der Waals surface area contributed by atoms with E-state index in [1.54, 1.807) is 6.92 Å². The van der Waals surface area contributed by atoms with E-state index in [2.05, 4.69) is 10.6 Å². The summed E-state index contributed by atoms with van der Waals surface area (Å²) in [5.41, 5.74) is 6.00. The number of hydrogen-bond donors (Lipinski definition) is 3. The predicted molar refractivity (Wildman–Crippen MR) is 80.4 cm³/mol. The topological polar surface area (TPSA) is 84.2 Å². The molecule has 21 heavy (non-hydrogen) atoms. The number of amides is 2. The van der Waals surface area contributed by atoms with Crippen molar-refractivity contribution in [1.29, 1.82) is 0 Å². The summed E-state index contributed by atoms with van der Waals surface area (Å²) in [7, 11) is 0. The lowest BCUT2D eigenvalue weighted by Gasteiger charge is -2.20. The molecule has 0 aliphatic carbocycles. The fraction of sp³-hybridized carbons (Fsp3) is 0.467. The van der Waals surface area contributed by atoms with Crippen LogP contribution in [0.5, 0.6) is 0 Å². The number of carbonyl (C=O) groups is 2. The minimum atomic E-state index is -0.523. The number of nitrogens with one attached hydrogen (secondary N) is 2. The van der Waals surface area contributed by atoms with Gasteiger partial charge in [-0.3, -0.25) is 9.59 Å². The van der Waals surface area contributed by atoms with Crippen LogP contribution in [-0.4, -0.2) is 23.9 Å². The molecule has 0 aliphatic heterocycles. The summed E-state index contributed by atoms with van der Waals surface area (Å²) < 4.78 is 13.5. The molecule has 2 amide bonds. The smallest absolute Gasteiger partial charge is 0.251 e. The highest BCUT2D eigenvalue weighted by atomic mass is 19.1. The molecule has 0 fully saturated rings. The summed E-state index contributed by atoms with van der Waals surface area (Å²) in [6.45, 7) is 7.35.